The van der Waals surface area contributed by atoms with E-state index >= 15 is 0 Å². The van der Waals surface area contributed by atoms with Crippen LogP contribution in [0.2, 0.25) is 5.02 Å². The molecule has 0 aliphatic rings. The molecule has 3 amide bonds. The third kappa shape index (κ3) is 6.75. The number of halogens is 1. The number of hydrogen-bond donors (Lipinski definition) is 2. The Bertz CT molecular complexity index is 804. The predicted octanol–water partition coefficient (Wildman–Crippen LogP) is 3.36. The van der Waals surface area contributed by atoms with Crippen molar-refractivity contribution in [1.29, 1.82) is 0 Å². The highest BCUT2D eigenvalue weighted by Gasteiger charge is 2.13. The summed E-state index contributed by atoms with van der Waals surface area (Å²) in [6, 6.07) is 14.1. The Morgan fingerprint density at radius 3 is 2.15 bits per heavy atom. The molecule has 0 heterocycles. The molecule has 2 aromatic carbocycles. The van der Waals surface area contributed by atoms with Gasteiger partial charge in [0.2, 0.25) is 17.7 Å². The average molecular weight is 388 g/mol. The Morgan fingerprint density at radius 1 is 0.963 bits per heavy atom. The number of hydrogen-bond acceptors (Lipinski definition) is 3. The summed E-state index contributed by atoms with van der Waals surface area (Å²) in [4.78, 5) is 36.6. The van der Waals surface area contributed by atoms with E-state index in [0.717, 1.165) is 5.56 Å². The van der Waals surface area contributed by atoms with E-state index in [1.54, 1.807) is 36.4 Å². The van der Waals surface area contributed by atoms with Gasteiger partial charge in [0.1, 0.15) is 0 Å². The first-order chi connectivity index (χ1) is 12.8. The number of benzene rings is 2. The lowest BCUT2D eigenvalue weighted by molar-refractivity contribution is -0.121. The van der Waals surface area contributed by atoms with Crippen molar-refractivity contribution in [3.63, 3.8) is 0 Å². The van der Waals surface area contributed by atoms with Gasteiger partial charge in [0.15, 0.2) is 0 Å². The number of anilines is 2. The van der Waals surface area contributed by atoms with Crippen molar-refractivity contribution in [3.8, 4) is 0 Å². The van der Waals surface area contributed by atoms with Crippen LogP contribution in [0.3, 0.4) is 0 Å². The molecule has 2 N–H and O–H groups in total. The molecule has 0 bridgehead atoms. The van der Waals surface area contributed by atoms with Crippen LogP contribution in [-0.2, 0) is 20.9 Å². The zero-order valence-corrected chi connectivity index (χ0v) is 16.0. The molecule has 27 heavy (non-hydrogen) atoms. The van der Waals surface area contributed by atoms with Gasteiger partial charge in [0.25, 0.3) is 0 Å². The summed E-state index contributed by atoms with van der Waals surface area (Å²) in [7, 11) is 0. The minimum Gasteiger partial charge on any atom is -0.352 e. The van der Waals surface area contributed by atoms with Crippen LogP contribution in [0.25, 0.3) is 0 Å². The van der Waals surface area contributed by atoms with Gasteiger partial charge in [-0.2, -0.15) is 0 Å². The minimum atomic E-state index is -0.163. The number of carbonyl (C=O) groups excluding carboxylic acids is 3. The lowest BCUT2D eigenvalue weighted by atomic mass is 10.2. The zero-order chi connectivity index (χ0) is 19.8. The summed E-state index contributed by atoms with van der Waals surface area (Å²) < 4.78 is 0. The summed E-state index contributed by atoms with van der Waals surface area (Å²) in [5.41, 5.74) is 2.27. The molecule has 0 atom stereocenters. The molecule has 0 unspecified atom stereocenters. The third-order valence-corrected chi connectivity index (χ3v) is 4.10. The summed E-state index contributed by atoms with van der Waals surface area (Å²) in [6.45, 7) is 3.55. The summed E-state index contributed by atoms with van der Waals surface area (Å²) >= 11 is 5.84. The van der Waals surface area contributed by atoms with Crippen LogP contribution in [-0.4, -0.2) is 24.3 Å². The maximum Gasteiger partial charge on any atom is 0.223 e. The van der Waals surface area contributed by atoms with Crippen molar-refractivity contribution in [2.24, 2.45) is 0 Å². The maximum atomic E-state index is 12.1. The average Bonchev–Trinajstić information content (AvgIpc) is 2.62. The number of rotatable bonds is 7. The smallest absolute Gasteiger partial charge is 0.223 e. The van der Waals surface area contributed by atoms with Crippen LogP contribution in [0, 0.1) is 0 Å². The molecule has 0 saturated carbocycles. The second-order valence-electron chi connectivity index (χ2n) is 6.05. The highest BCUT2D eigenvalue weighted by atomic mass is 35.5. The largest absolute Gasteiger partial charge is 0.352 e. The van der Waals surface area contributed by atoms with E-state index in [4.69, 9.17) is 11.6 Å². The Morgan fingerprint density at radius 2 is 1.59 bits per heavy atom. The second-order valence-corrected chi connectivity index (χ2v) is 6.49. The predicted molar refractivity (Wildman–Crippen MR) is 107 cm³/mol. The molecule has 0 aromatic heterocycles. The molecule has 7 heteroatoms. The van der Waals surface area contributed by atoms with Gasteiger partial charge in [-0.25, -0.2) is 0 Å². The van der Waals surface area contributed by atoms with Crippen LogP contribution in [0.15, 0.2) is 48.5 Å². The SMILES string of the molecule is CC(=O)Nc1ccc(N(CCC(=O)NCc2ccc(Cl)cc2)C(C)=O)cc1. The topological polar surface area (TPSA) is 78.5 Å². The number of carbonyl (C=O) groups is 3. The van der Waals surface area contributed by atoms with Gasteiger partial charge in [-0.05, 0) is 42.0 Å². The first kappa shape index (κ1) is 20.5. The Balaban J connectivity index is 1.89. The normalized spacial score (nSPS) is 10.2. The van der Waals surface area contributed by atoms with E-state index < -0.39 is 0 Å². The van der Waals surface area contributed by atoms with E-state index in [2.05, 4.69) is 10.6 Å². The Hall–Kier alpha value is -2.86. The van der Waals surface area contributed by atoms with Crippen molar-refractivity contribution in [2.45, 2.75) is 26.8 Å². The quantitative estimate of drug-likeness (QED) is 0.764. The van der Waals surface area contributed by atoms with E-state index in [9.17, 15) is 14.4 Å². The first-order valence-corrected chi connectivity index (χ1v) is 8.90. The maximum absolute atomic E-state index is 12.1. The summed E-state index contributed by atoms with van der Waals surface area (Å²) in [5, 5.41) is 6.14. The molecule has 0 fully saturated rings. The molecule has 142 valence electrons. The molecular weight excluding hydrogens is 366 g/mol. The second kappa shape index (κ2) is 9.73. The third-order valence-electron chi connectivity index (χ3n) is 3.84. The van der Waals surface area contributed by atoms with E-state index in [0.29, 0.717) is 22.9 Å². The monoisotopic (exact) mass is 387 g/mol. The Labute approximate surface area is 163 Å². The number of amides is 3. The van der Waals surface area contributed by atoms with Gasteiger partial charge in [0.05, 0.1) is 0 Å². The molecule has 0 aliphatic heterocycles. The first-order valence-electron chi connectivity index (χ1n) is 8.52. The van der Waals surface area contributed by atoms with Crippen molar-refractivity contribution < 1.29 is 14.4 Å². The van der Waals surface area contributed by atoms with Crippen LogP contribution in [0.1, 0.15) is 25.8 Å². The summed E-state index contributed by atoms with van der Waals surface area (Å²) in [6.07, 6.45) is 0.181. The molecular formula is C20H22ClN3O3. The van der Waals surface area contributed by atoms with Gasteiger partial charge in [-0.15, -0.1) is 0 Å². The van der Waals surface area contributed by atoms with Crippen molar-refractivity contribution >= 4 is 40.7 Å². The summed E-state index contributed by atoms with van der Waals surface area (Å²) in [5.74, 6) is -0.470. The Kier molecular flexibility index (Phi) is 7.37. The highest BCUT2D eigenvalue weighted by molar-refractivity contribution is 6.30. The van der Waals surface area contributed by atoms with Crippen LogP contribution in [0.5, 0.6) is 0 Å². The standard InChI is InChI=1S/C20H22ClN3O3/c1-14(25)23-18-7-9-19(10-8-18)24(15(2)26)12-11-20(27)22-13-16-3-5-17(21)6-4-16/h3-10H,11-13H2,1-2H3,(H,22,27)(H,23,25). The molecule has 2 rings (SSSR count). The molecule has 6 nitrogen and oxygen atoms in total. The molecule has 0 aliphatic carbocycles. The zero-order valence-electron chi connectivity index (χ0n) is 15.3. The van der Waals surface area contributed by atoms with Crippen LogP contribution >= 0.6 is 11.6 Å². The van der Waals surface area contributed by atoms with Gasteiger partial charge in [-0.3, -0.25) is 14.4 Å². The lowest BCUT2D eigenvalue weighted by Gasteiger charge is -2.21. The molecule has 0 saturated heterocycles. The van der Waals surface area contributed by atoms with Gasteiger partial charge < -0.3 is 15.5 Å². The highest BCUT2D eigenvalue weighted by Crippen LogP contribution is 2.18. The van der Waals surface area contributed by atoms with Crippen molar-refractivity contribution in [1.82, 2.24) is 5.32 Å². The fourth-order valence-corrected chi connectivity index (χ4v) is 2.63. The van der Waals surface area contributed by atoms with Crippen molar-refractivity contribution in [2.75, 3.05) is 16.8 Å². The number of nitrogens with one attached hydrogen (secondary N) is 2. The lowest BCUT2D eigenvalue weighted by Crippen LogP contribution is -2.33. The number of nitrogens with zero attached hydrogens (tertiary/aromatic N) is 1. The van der Waals surface area contributed by atoms with E-state index in [-0.39, 0.29) is 30.7 Å². The fraction of sp³-hybridized carbons (Fsp3) is 0.250. The van der Waals surface area contributed by atoms with E-state index in [1.807, 2.05) is 12.1 Å². The van der Waals surface area contributed by atoms with Gasteiger partial charge in [0, 0.05) is 49.8 Å². The van der Waals surface area contributed by atoms with Gasteiger partial charge >= 0.3 is 0 Å². The molecule has 0 spiro atoms. The fourth-order valence-electron chi connectivity index (χ4n) is 2.50. The van der Waals surface area contributed by atoms with Crippen LogP contribution in [0.4, 0.5) is 11.4 Å². The van der Waals surface area contributed by atoms with Gasteiger partial charge in [-0.1, -0.05) is 23.7 Å². The minimum absolute atomic E-state index is 0.147. The molecule has 0 radical (unpaired) electrons. The molecule has 2 aromatic rings. The van der Waals surface area contributed by atoms with E-state index in [1.165, 1.54) is 18.7 Å². The van der Waals surface area contributed by atoms with Crippen LogP contribution < -0.4 is 15.5 Å². The van der Waals surface area contributed by atoms with Crippen molar-refractivity contribution in [3.05, 3.63) is 59.1 Å².